The van der Waals surface area contributed by atoms with E-state index >= 15 is 0 Å². The van der Waals surface area contributed by atoms with Gasteiger partial charge in [0.1, 0.15) is 24.4 Å². The fourth-order valence-electron chi connectivity index (χ4n) is 9.40. The summed E-state index contributed by atoms with van der Waals surface area (Å²) in [6.45, 7) is 3.67. The van der Waals surface area contributed by atoms with Gasteiger partial charge in [-0.25, -0.2) is 0 Å². The molecule has 7 unspecified atom stereocenters. The molecule has 0 aromatic carbocycles. The standard InChI is InChI=1S/C65H115NO8/c1-3-5-7-9-11-13-15-17-19-20-21-22-23-24-25-26-27-28-29-30-31-32-33-34-35-36-37-38-39-40-41-43-45-47-49-51-53-55-61(69)66-58(57-73-65-64(72)63(71)62(70)60(56-67)74-65)59(68)54-52-50-48-46-44-42-18-16-14-12-10-8-6-4-2/h5,7,11,13,17,19,21-22,24-25,27-28,52,54,58-60,62-65,67-68,70-72H,3-4,6,8-10,12,14-16,18,20,23,26,29-51,53,55-57H2,1-2H3,(H,66,69)/b7-5-,13-11-,19-17-,22-21-,25-24-,28-27-,54-52+. The lowest BCUT2D eigenvalue weighted by molar-refractivity contribution is -0.302. The largest absolute Gasteiger partial charge is 0.394 e. The van der Waals surface area contributed by atoms with Crippen LogP contribution in [-0.2, 0) is 14.3 Å². The van der Waals surface area contributed by atoms with Crippen LogP contribution in [0.3, 0.4) is 0 Å². The van der Waals surface area contributed by atoms with Gasteiger partial charge < -0.3 is 40.3 Å². The maximum atomic E-state index is 13.1. The van der Waals surface area contributed by atoms with E-state index in [1.54, 1.807) is 6.08 Å². The molecule has 1 amide bonds. The van der Waals surface area contributed by atoms with E-state index in [9.17, 15) is 30.3 Å². The van der Waals surface area contributed by atoms with E-state index in [0.29, 0.717) is 6.42 Å². The highest BCUT2D eigenvalue weighted by atomic mass is 16.7. The van der Waals surface area contributed by atoms with E-state index in [1.807, 2.05) is 6.08 Å². The van der Waals surface area contributed by atoms with Crippen LogP contribution in [0.25, 0.3) is 0 Å². The lowest BCUT2D eigenvalue weighted by Crippen LogP contribution is -2.60. The first-order chi connectivity index (χ1) is 36.3. The second-order valence-electron chi connectivity index (χ2n) is 21.1. The number of rotatable bonds is 52. The third-order valence-electron chi connectivity index (χ3n) is 14.2. The van der Waals surface area contributed by atoms with Crippen molar-refractivity contribution in [2.45, 2.75) is 307 Å². The fraction of sp³-hybridized carbons (Fsp3) is 0.769. The lowest BCUT2D eigenvalue weighted by atomic mass is 9.99. The summed E-state index contributed by atoms with van der Waals surface area (Å²) < 4.78 is 11.3. The van der Waals surface area contributed by atoms with Crippen LogP contribution in [0.1, 0.15) is 264 Å². The number of allylic oxidation sites excluding steroid dienone is 13. The second-order valence-corrected chi connectivity index (χ2v) is 21.1. The summed E-state index contributed by atoms with van der Waals surface area (Å²) in [5.74, 6) is -0.177. The first-order valence-corrected chi connectivity index (χ1v) is 30.8. The summed E-state index contributed by atoms with van der Waals surface area (Å²) in [6, 6.07) is -0.806. The Balaban J connectivity index is 2.10. The molecular formula is C65H115NO8. The van der Waals surface area contributed by atoms with Crippen LogP contribution in [0.2, 0.25) is 0 Å². The molecule has 1 heterocycles. The number of aliphatic hydroxyl groups excluding tert-OH is 5. The maximum Gasteiger partial charge on any atom is 0.220 e. The molecule has 74 heavy (non-hydrogen) atoms. The van der Waals surface area contributed by atoms with Crippen molar-refractivity contribution in [1.82, 2.24) is 5.32 Å². The molecule has 0 aliphatic carbocycles. The van der Waals surface area contributed by atoms with Gasteiger partial charge in [0.15, 0.2) is 6.29 Å². The third kappa shape index (κ3) is 42.5. The van der Waals surface area contributed by atoms with Gasteiger partial charge in [-0.15, -0.1) is 0 Å². The first-order valence-electron chi connectivity index (χ1n) is 30.8. The molecule has 9 nitrogen and oxygen atoms in total. The molecule has 0 spiro atoms. The van der Waals surface area contributed by atoms with Crippen molar-refractivity contribution in [3.8, 4) is 0 Å². The predicted molar refractivity (Wildman–Crippen MR) is 313 cm³/mol. The zero-order valence-corrected chi connectivity index (χ0v) is 47.6. The molecular weight excluding hydrogens is 923 g/mol. The average Bonchev–Trinajstić information content (AvgIpc) is 3.40. The smallest absolute Gasteiger partial charge is 0.220 e. The van der Waals surface area contributed by atoms with Crippen molar-refractivity contribution in [3.05, 3.63) is 85.1 Å². The molecule has 1 rings (SSSR count). The monoisotopic (exact) mass is 1040 g/mol. The summed E-state index contributed by atoms with van der Waals surface area (Å²) in [7, 11) is 0. The van der Waals surface area contributed by atoms with Crippen LogP contribution in [0.15, 0.2) is 85.1 Å². The number of hydrogen-bond donors (Lipinski definition) is 6. The van der Waals surface area contributed by atoms with Gasteiger partial charge in [0.25, 0.3) is 0 Å². The normalized spacial score (nSPS) is 19.6. The molecule has 1 aliphatic heterocycles. The summed E-state index contributed by atoms with van der Waals surface area (Å²) >= 11 is 0. The van der Waals surface area contributed by atoms with Crippen molar-refractivity contribution in [1.29, 1.82) is 0 Å². The van der Waals surface area contributed by atoms with Gasteiger partial charge in [-0.1, -0.05) is 272 Å². The average molecular weight is 1040 g/mol. The zero-order valence-electron chi connectivity index (χ0n) is 47.6. The van der Waals surface area contributed by atoms with Crippen LogP contribution in [0, 0.1) is 0 Å². The van der Waals surface area contributed by atoms with E-state index < -0.39 is 49.5 Å². The molecule has 0 bridgehead atoms. The van der Waals surface area contributed by atoms with Crippen molar-refractivity contribution in [2.75, 3.05) is 13.2 Å². The van der Waals surface area contributed by atoms with E-state index in [-0.39, 0.29) is 12.5 Å². The maximum absolute atomic E-state index is 13.1. The molecule has 1 aliphatic rings. The minimum atomic E-state index is -1.57. The van der Waals surface area contributed by atoms with Crippen molar-refractivity contribution in [3.63, 3.8) is 0 Å². The summed E-state index contributed by atoms with van der Waals surface area (Å²) in [5.41, 5.74) is 0. The number of carbonyl (C=O) groups is 1. The van der Waals surface area contributed by atoms with Crippen LogP contribution in [0.4, 0.5) is 0 Å². The van der Waals surface area contributed by atoms with Gasteiger partial charge in [0.2, 0.25) is 5.91 Å². The number of ether oxygens (including phenoxy) is 2. The molecule has 7 atom stereocenters. The number of amides is 1. The molecule has 1 fully saturated rings. The van der Waals surface area contributed by atoms with Crippen molar-refractivity contribution >= 4 is 5.91 Å². The molecule has 0 saturated carbocycles. The summed E-state index contributed by atoms with van der Waals surface area (Å²) in [6.07, 6.45) is 69.5. The molecule has 9 heteroatoms. The highest BCUT2D eigenvalue weighted by molar-refractivity contribution is 5.76. The Morgan fingerprint density at radius 1 is 0.473 bits per heavy atom. The molecule has 0 radical (unpaired) electrons. The van der Waals surface area contributed by atoms with E-state index in [0.717, 1.165) is 77.0 Å². The van der Waals surface area contributed by atoms with Crippen LogP contribution >= 0.6 is 0 Å². The predicted octanol–water partition coefficient (Wildman–Crippen LogP) is 15.8. The Morgan fingerprint density at radius 2 is 0.838 bits per heavy atom. The summed E-state index contributed by atoms with van der Waals surface area (Å²) in [4.78, 5) is 13.1. The number of hydrogen-bond acceptors (Lipinski definition) is 8. The first kappa shape index (κ1) is 69.4. The van der Waals surface area contributed by atoms with E-state index in [2.05, 4.69) is 92.1 Å². The number of aliphatic hydroxyl groups is 5. The van der Waals surface area contributed by atoms with Gasteiger partial charge in [-0.05, 0) is 70.6 Å². The van der Waals surface area contributed by atoms with Gasteiger partial charge in [0, 0.05) is 6.42 Å². The highest BCUT2D eigenvalue weighted by Gasteiger charge is 2.44. The topological polar surface area (TPSA) is 149 Å². The van der Waals surface area contributed by atoms with Gasteiger partial charge in [-0.3, -0.25) is 4.79 Å². The Morgan fingerprint density at radius 3 is 1.24 bits per heavy atom. The molecule has 0 aromatic heterocycles. The Kier molecular flexibility index (Phi) is 50.4. The Bertz CT molecular complexity index is 1440. The number of unbranched alkanes of at least 4 members (excludes halogenated alkanes) is 30. The van der Waals surface area contributed by atoms with Crippen molar-refractivity contribution < 1.29 is 39.8 Å². The SMILES string of the molecule is CC/C=C\C/C=C\C/C=C\C/C=C\C/C=C\C/C=C\CCCCCCCCCCCCCCCCCCCCC(=O)NC(COC1OC(CO)C(O)C(O)C1O)C(O)/C=C/CCCCCCCCCCCCCC. The second kappa shape index (κ2) is 53.8. The molecule has 0 aromatic rings. The fourth-order valence-corrected chi connectivity index (χ4v) is 9.40. The van der Waals surface area contributed by atoms with Gasteiger partial charge in [0.05, 0.1) is 25.4 Å². The lowest BCUT2D eigenvalue weighted by Gasteiger charge is -2.40. The highest BCUT2D eigenvalue weighted by Crippen LogP contribution is 2.23. The van der Waals surface area contributed by atoms with E-state index in [4.69, 9.17) is 9.47 Å². The van der Waals surface area contributed by atoms with Crippen LogP contribution in [0.5, 0.6) is 0 Å². The third-order valence-corrected chi connectivity index (χ3v) is 14.2. The van der Waals surface area contributed by atoms with E-state index in [1.165, 1.54) is 167 Å². The minimum absolute atomic E-state index is 0.177. The minimum Gasteiger partial charge on any atom is -0.394 e. The van der Waals surface area contributed by atoms with Crippen LogP contribution in [-0.4, -0.2) is 87.5 Å². The molecule has 428 valence electrons. The van der Waals surface area contributed by atoms with Crippen LogP contribution < -0.4 is 5.32 Å². The van der Waals surface area contributed by atoms with Gasteiger partial charge in [-0.2, -0.15) is 0 Å². The molecule has 1 saturated heterocycles. The zero-order chi connectivity index (χ0) is 53.6. The Hall–Kier alpha value is -2.63. The number of nitrogens with one attached hydrogen (secondary N) is 1. The Labute approximate surface area is 454 Å². The van der Waals surface area contributed by atoms with Crippen molar-refractivity contribution in [2.24, 2.45) is 0 Å². The van der Waals surface area contributed by atoms with Gasteiger partial charge >= 0.3 is 0 Å². The number of carbonyl (C=O) groups excluding carboxylic acids is 1. The summed E-state index contributed by atoms with van der Waals surface area (Å²) in [5, 5.41) is 54.5. The quantitative estimate of drug-likeness (QED) is 0.0261. The molecule has 6 N–H and O–H groups in total.